The fourth-order valence-electron chi connectivity index (χ4n) is 1.58. The number of rotatable bonds is 3. The Balaban J connectivity index is 2.35. The molecule has 0 aliphatic rings. The number of nitrogens with zero attached hydrogens (tertiary/aromatic N) is 1. The van der Waals surface area contributed by atoms with Crippen LogP contribution in [0.25, 0.3) is 0 Å². The third-order valence-electron chi connectivity index (χ3n) is 2.78. The zero-order valence-electron chi connectivity index (χ0n) is 9.97. The summed E-state index contributed by atoms with van der Waals surface area (Å²) in [5.41, 5.74) is 2.94. The van der Waals surface area contributed by atoms with Crippen molar-refractivity contribution in [2.45, 2.75) is 20.5 Å². The lowest BCUT2D eigenvalue weighted by Gasteiger charge is -2.11. The largest absolute Gasteiger partial charge is 0.438 e. The van der Waals surface area contributed by atoms with E-state index in [4.69, 9.17) is 4.74 Å². The number of hydrogen-bond acceptors (Lipinski definition) is 3. The van der Waals surface area contributed by atoms with E-state index in [1.807, 2.05) is 32.0 Å². The van der Waals surface area contributed by atoms with E-state index in [1.54, 1.807) is 18.3 Å². The maximum absolute atomic E-state index is 9.20. The minimum Gasteiger partial charge on any atom is -0.438 e. The molecule has 0 bridgehead atoms. The van der Waals surface area contributed by atoms with Gasteiger partial charge in [0.1, 0.15) is 5.75 Å². The Morgan fingerprint density at radius 2 is 2.00 bits per heavy atom. The number of aryl methyl sites for hydroxylation is 1. The molecule has 3 nitrogen and oxygen atoms in total. The van der Waals surface area contributed by atoms with Gasteiger partial charge in [0.25, 0.3) is 0 Å². The lowest BCUT2D eigenvalue weighted by molar-refractivity contribution is 0.275. The number of ether oxygens (including phenoxy) is 1. The van der Waals surface area contributed by atoms with Crippen LogP contribution in [-0.4, -0.2) is 10.1 Å². The van der Waals surface area contributed by atoms with Crippen LogP contribution in [0.4, 0.5) is 0 Å². The third-order valence-corrected chi connectivity index (χ3v) is 2.78. The van der Waals surface area contributed by atoms with Gasteiger partial charge in [0.05, 0.1) is 6.61 Å². The first-order chi connectivity index (χ1) is 8.22. The van der Waals surface area contributed by atoms with Crippen molar-refractivity contribution >= 4 is 0 Å². The summed E-state index contributed by atoms with van der Waals surface area (Å²) in [4.78, 5) is 4.13. The normalized spacial score (nSPS) is 10.3. The molecule has 1 N–H and O–H groups in total. The second kappa shape index (κ2) is 4.97. The Bertz CT molecular complexity index is 523. The van der Waals surface area contributed by atoms with Gasteiger partial charge in [0.2, 0.25) is 5.88 Å². The van der Waals surface area contributed by atoms with Crippen molar-refractivity contribution in [1.29, 1.82) is 0 Å². The second-order valence-corrected chi connectivity index (χ2v) is 3.93. The number of pyridine rings is 1. The highest BCUT2D eigenvalue weighted by Gasteiger charge is 2.07. The van der Waals surface area contributed by atoms with Gasteiger partial charge in [0.15, 0.2) is 0 Å². The van der Waals surface area contributed by atoms with Gasteiger partial charge in [-0.25, -0.2) is 4.98 Å². The summed E-state index contributed by atoms with van der Waals surface area (Å²) in [7, 11) is 0. The summed E-state index contributed by atoms with van der Waals surface area (Å²) in [6.07, 6.45) is 1.65. The molecule has 0 saturated carbocycles. The van der Waals surface area contributed by atoms with E-state index in [-0.39, 0.29) is 6.61 Å². The van der Waals surface area contributed by atoms with Crippen LogP contribution >= 0.6 is 0 Å². The van der Waals surface area contributed by atoms with Crippen LogP contribution in [0.15, 0.2) is 36.5 Å². The molecule has 1 aromatic carbocycles. The van der Waals surface area contributed by atoms with Gasteiger partial charge in [0, 0.05) is 11.8 Å². The van der Waals surface area contributed by atoms with Gasteiger partial charge < -0.3 is 9.84 Å². The van der Waals surface area contributed by atoms with E-state index in [0.29, 0.717) is 11.4 Å². The summed E-state index contributed by atoms with van der Waals surface area (Å²) in [5, 5.41) is 9.20. The van der Waals surface area contributed by atoms with Crippen molar-refractivity contribution in [2.75, 3.05) is 0 Å². The standard InChI is InChI=1S/C14H15NO2/c1-10-5-3-7-13(11(10)2)17-14-12(9-16)6-4-8-15-14/h3-8,16H,9H2,1-2H3. The van der Waals surface area contributed by atoms with Crippen LogP contribution in [-0.2, 0) is 6.61 Å². The predicted octanol–water partition coefficient (Wildman–Crippen LogP) is 2.98. The molecule has 0 unspecified atom stereocenters. The Labute approximate surface area is 101 Å². The average molecular weight is 229 g/mol. The molecular formula is C14H15NO2. The van der Waals surface area contributed by atoms with Crippen LogP contribution < -0.4 is 4.74 Å². The maximum atomic E-state index is 9.20. The monoisotopic (exact) mass is 229 g/mol. The highest BCUT2D eigenvalue weighted by atomic mass is 16.5. The molecular weight excluding hydrogens is 214 g/mol. The fourth-order valence-corrected chi connectivity index (χ4v) is 1.58. The molecule has 2 rings (SSSR count). The first-order valence-electron chi connectivity index (χ1n) is 5.51. The molecule has 0 amide bonds. The quantitative estimate of drug-likeness (QED) is 0.879. The van der Waals surface area contributed by atoms with Crippen molar-refractivity contribution in [1.82, 2.24) is 4.98 Å². The topological polar surface area (TPSA) is 42.4 Å². The summed E-state index contributed by atoms with van der Waals surface area (Å²) >= 11 is 0. The van der Waals surface area contributed by atoms with Crippen LogP contribution in [0, 0.1) is 13.8 Å². The van der Waals surface area contributed by atoms with Crippen LogP contribution in [0.5, 0.6) is 11.6 Å². The predicted molar refractivity (Wildman–Crippen MR) is 66.1 cm³/mol. The molecule has 0 radical (unpaired) electrons. The maximum Gasteiger partial charge on any atom is 0.224 e. The number of benzene rings is 1. The number of aromatic nitrogens is 1. The molecule has 0 atom stereocenters. The van der Waals surface area contributed by atoms with Gasteiger partial charge in [-0.2, -0.15) is 0 Å². The summed E-state index contributed by atoms with van der Waals surface area (Å²) < 4.78 is 5.74. The number of aliphatic hydroxyl groups is 1. The molecule has 1 heterocycles. The molecule has 0 aliphatic heterocycles. The summed E-state index contributed by atoms with van der Waals surface area (Å²) in [6, 6.07) is 9.46. The molecule has 0 fully saturated rings. The van der Waals surface area contributed by atoms with Crippen molar-refractivity contribution < 1.29 is 9.84 Å². The summed E-state index contributed by atoms with van der Waals surface area (Å²) in [5.74, 6) is 1.24. The minimum atomic E-state index is -0.0754. The third kappa shape index (κ3) is 2.45. The van der Waals surface area contributed by atoms with E-state index in [0.717, 1.165) is 11.3 Å². The Kier molecular flexibility index (Phi) is 3.40. The molecule has 0 aliphatic carbocycles. The van der Waals surface area contributed by atoms with Crippen molar-refractivity contribution in [3.63, 3.8) is 0 Å². The number of hydrogen-bond donors (Lipinski definition) is 1. The van der Waals surface area contributed by atoms with Crippen molar-refractivity contribution in [3.05, 3.63) is 53.2 Å². The smallest absolute Gasteiger partial charge is 0.224 e. The molecule has 0 saturated heterocycles. The van der Waals surface area contributed by atoms with Crippen molar-refractivity contribution in [2.24, 2.45) is 0 Å². The van der Waals surface area contributed by atoms with E-state index < -0.39 is 0 Å². The first-order valence-corrected chi connectivity index (χ1v) is 5.51. The highest BCUT2D eigenvalue weighted by molar-refractivity contribution is 5.41. The van der Waals surface area contributed by atoms with Crippen LogP contribution in [0.2, 0.25) is 0 Å². The van der Waals surface area contributed by atoms with E-state index in [1.165, 1.54) is 5.56 Å². The zero-order valence-corrected chi connectivity index (χ0v) is 9.97. The van der Waals surface area contributed by atoms with Crippen LogP contribution in [0.3, 0.4) is 0 Å². The Morgan fingerprint density at radius 1 is 1.18 bits per heavy atom. The molecule has 2 aromatic rings. The molecule has 1 aromatic heterocycles. The fraction of sp³-hybridized carbons (Fsp3) is 0.214. The van der Waals surface area contributed by atoms with Gasteiger partial charge >= 0.3 is 0 Å². The number of aliphatic hydroxyl groups excluding tert-OH is 1. The molecule has 0 spiro atoms. The second-order valence-electron chi connectivity index (χ2n) is 3.93. The van der Waals surface area contributed by atoms with E-state index >= 15 is 0 Å². The van der Waals surface area contributed by atoms with Crippen molar-refractivity contribution in [3.8, 4) is 11.6 Å². The Hall–Kier alpha value is -1.87. The average Bonchev–Trinajstić information content (AvgIpc) is 2.35. The van der Waals surface area contributed by atoms with E-state index in [9.17, 15) is 5.11 Å². The highest BCUT2D eigenvalue weighted by Crippen LogP contribution is 2.27. The van der Waals surface area contributed by atoms with Gasteiger partial charge in [-0.1, -0.05) is 12.1 Å². The molecule has 17 heavy (non-hydrogen) atoms. The SMILES string of the molecule is Cc1cccc(Oc2ncccc2CO)c1C. The van der Waals surface area contributed by atoms with Crippen LogP contribution in [0.1, 0.15) is 16.7 Å². The van der Waals surface area contributed by atoms with E-state index in [2.05, 4.69) is 4.98 Å². The zero-order chi connectivity index (χ0) is 12.3. The molecule has 3 heteroatoms. The molecule has 88 valence electrons. The lowest BCUT2D eigenvalue weighted by Crippen LogP contribution is -1.96. The summed E-state index contributed by atoms with van der Waals surface area (Å²) in [6.45, 7) is 3.97. The minimum absolute atomic E-state index is 0.0754. The van der Waals surface area contributed by atoms with Gasteiger partial charge in [-0.05, 0) is 43.2 Å². The van der Waals surface area contributed by atoms with Gasteiger partial charge in [-0.3, -0.25) is 0 Å². The lowest BCUT2D eigenvalue weighted by atomic mass is 10.1. The first kappa shape index (κ1) is 11.6. The Morgan fingerprint density at radius 3 is 2.76 bits per heavy atom. The van der Waals surface area contributed by atoms with Gasteiger partial charge in [-0.15, -0.1) is 0 Å².